The van der Waals surface area contributed by atoms with Gasteiger partial charge < -0.3 is 20.8 Å². The summed E-state index contributed by atoms with van der Waals surface area (Å²) in [5, 5.41) is 22.7. The van der Waals surface area contributed by atoms with E-state index in [-0.39, 0.29) is 13.0 Å². The Morgan fingerprint density at radius 3 is 2.68 bits per heavy atom. The number of aliphatic hydroxyl groups is 1. The Morgan fingerprint density at radius 1 is 1.42 bits per heavy atom. The molecule has 19 heavy (non-hydrogen) atoms. The van der Waals surface area contributed by atoms with Crippen molar-refractivity contribution in [1.82, 2.24) is 5.32 Å². The van der Waals surface area contributed by atoms with Crippen molar-refractivity contribution in [2.75, 3.05) is 11.9 Å². The SMILES string of the molecule is O=C(NCC[C@H](O)C(=O)O)Nc1ccc(Br)cc1Cl. The van der Waals surface area contributed by atoms with E-state index in [4.69, 9.17) is 21.8 Å². The minimum absolute atomic E-state index is 0.0352. The topological polar surface area (TPSA) is 98.7 Å². The van der Waals surface area contributed by atoms with Gasteiger partial charge in [-0.05, 0) is 18.2 Å². The van der Waals surface area contributed by atoms with Gasteiger partial charge in [0.25, 0.3) is 0 Å². The average molecular weight is 352 g/mol. The molecular weight excluding hydrogens is 339 g/mol. The van der Waals surface area contributed by atoms with E-state index in [1.807, 2.05) is 0 Å². The van der Waals surface area contributed by atoms with E-state index in [0.29, 0.717) is 10.7 Å². The van der Waals surface area contributed by atoms with Crippen molar-refractivity contribution in [2.24, 2.45) is 0 Å². The van der Waals surface area contributed by atoms with Crippen molar-refractivity contribution in [3.8, 4) is 0 Å². The van der Waals surface area contributed by atoms with E-state index in [9.17, 15) is 9.59 Å². The van der Waals surface area contributed by atoms with Gasteiger partial charge in [-0.3, -0.25) is 0 Å². The van der Waals surface area contributed by atoms with Crippen molar-refractivity contribution in [3.63, 3.8) is 0 Å². The summed E-state index contributed by atoms with van der Waals surface area (Å²) in [6.07, 6.45) is -1.56. The zero-order valence-corrected chi connectivity index (χ0v) is 12.0. The molecule has 6 nitrogen and oxygen atoms in total. The number of carbonyl (C=O) groups excluding carboxylic acids is 1. The minimum atomic E-state index is -1.49. The van der Waals surface area contributed by atoms with Gasteiger partial charge in [0.1, 0.15) is 0 Å². The summed E-state index contributed by atoms with van der Waals surface area (Å²) in [4.78, 5) is 21.8. The number of carboxylic acid groups (broad SMARTS) is 1. The molecule has 2 amide bonds. The van der Waals surface area contributed by atoms with Gasteiger partial charge in [-0.1, -0.05) is 27.5 Å². The largest absolute Gasteiger partial charge is 0.479 e. The molecule has 4 N–H and O–H groups in total. The van der Waals surface area contributed by atoms with Crippen LogP contribution in [0.1, 0.15) is 6.42 Å². The Kier molecular flexibility index (Phi) is 6.07. The van der Waals surface area contributed by atoms with Crippen LogP contribution in [0, 0.1) is 0 Å². The maximum absolute atomic E-state index is 11.5. The highest BCUT2D eigenvalue weighted by molar-refractivity contribution is 9.10. The van der Waals surface area contributed by atoms with Gasteiger partial charge in [0.2, 0.25) is 0 Å². The summed E-state index contributed by atoms with van der Waals surface area (Å²) in [5.41, 5.74) is 0.432. The van der Waals surface area contributed by atoms with E-state index in [0.717, 1.165) is 4.47 Å². The van der Waals surface area contributed by atoms with Crippen molar-refractivity contribution in [3.05, 3.63) is 27.7 Å². The first-order valence-corrected chi connectivity index (χ1v) is 6.48. The summed E-state index contributed by atoms with van der Waals surface area (Å²) in [6, 6.07) is 4.45. The molecule has 104 valence electrons. The summed E-state index contributed by atoms with van der Waals surface area (Å²) in [5.74, 6) is -1.32. The lowest BCUT2D eigenvalue weighted by atomic mass is 10.2. The molecule has 0 radical (unpaired) electrons. The van der Waals surface area contributed by atoms with Crippen molar-refractivity contribution in [1.29, 1.82) is 0 Å². The van der Waals surface area contributed by atoms with Crippen LogP contribution in [-0.4, -0.2) is 34.9 Å². The van der Waals surface area contributed by atoms with Gasteiger partial charge in [-0.2, -0.15) is 0 Å². The third kappa shape index (κ3) is 5.46. The third-order valence-corrected chi connectivity index (χ3v) is 2.97. The number of amides is 2. The number of nitrogens with one attached hydrogen (secondary N) is 2. The Balaban J connectivity index is 2.41. The lowest BCUT2D eigenvalue weighted by molar-refractivity contribution is -0.146. The minimum Gasteiger partial charge on any atom is -0.479 e. The third-order valence-electron chi connectivity index (χ3n) is 2.17. The van der Waals surface area contributed by atoms with Crippen LogP contribution < -0.4 is 10.6 Å². The fourth-order valence-electron chi connectivity index (χ4n) is 1.20. The smallest absolute Gasteiger partial charge is 0.332 e. The molecule has 0 unspecified atom stereocenters. The van der Waals surface area contributed by atoms with Crippen molar-refractivity contribution < 1.29 is 19.8 Å². The predicted molar refractivity (Wildman–Crippen MR) is 74.4 cm³/mol. The number of carbonyl (C=O) groups is 2. The summed E-state index contributed by atoms with van der Waals surface area (Å²) >= 11 is 9.15. The van der Waals surface area contributed by atoms with E-state index in [1.165, 1.54) is 0 Å². The lowest BCUT2D eigenvalue weighted by Gasteiger charge is -2.10. The van der Waals surface area contributed by atoms with E-state index >= 15 is 0 Å². The standard InChI is InChI=1S/C11H12BrClN2O4/c12-6-1-2-8(7(13)5-6)15-11(19)14-4-3-9(16)10(17)18/h1-2,5,9,16H,3-4H2,(H,17,18)(H2,14,15,19)/t9-/m0/s1. The van der Waals surface area contributed by atoms with E-state index < -0.39 is 18.1 Å². The van der Waals surface area contributed by atoms with Gasteiger partial charge in [0, 0.05) is 17.4 Å². The molecule has 0 aliphatic carbocycles. The molecule has 0 saturated heterocycles. The monoisotopic (exact) mass is 350 g/mol. The first-order chi connectivity index (χ1) is 8.90. The number of benzene rings is 1. The van der Waals surface area contributed by atoms with Gasteiger partial charge >= 0.3 is 12.0 Å². The number of urea groups is 1. The number of hydrogen-bond acceptors (Lipinski definition) is 3. The highest BCUT2D eigenvalue weighted by Crippen LogP contribution is 2.25. The summed E-state index contributed by atoms with van der Waals surface area (Å²) < 4.78 is 0.785. The molecule has 0 aliphatic heterocycles. The van der Waals surface area contributed by atoms with Crippen LogP contribution >= 0.6 is 27.5 Å². The molecule has 0 spiro atoms. The molecule has 0 aromatic heterocycles. The van der Waals surface area contributed by atoms with Crippen LogP contribution in [0.2, 0.25) is 5.02 Å². The second-order valence-corrected chi connectivity index (χ2v) is 4.97. The fourth-order valence-corrected chi connectivity index (χ4v) is 1.92. The normalized spacial score (nSPS) is 11.7. The number of anilines is 1. The van der Waals surface area contributed by atoms with Crippen molar-refractivity contribution >= 4 is 45.2 Å². The number of hydrogen-bond donors (Lipinski definition) is 4. The highest BCUT2D eigenvalue weighted by atomic mass is 79.9. The first-order valence-electron chi connectivity index (χ1n) is 5.31. The van der Waals surface area contributed by atoms with Crippen LogP contribution in [-0.2, 0) is 4.79 Å². The Labute approximate surface area is 122 Å². The van der Waals surface area contributed by atoms with E-state index in [1.54, 1.807) is 18.2 Å². The molecule has 0 heterocycles. The summed E-state index contributed by atoms with van der Waals surface area (Å²) in [7, 11) is 0. The maximum atomic E-state index is 11.5. The number of carboxylic acids is 1. The molecule has 0 aliphatic rings. The number of aliphatic carboxylic acids is 1. The second-order valence-electron chi connectivity index (χ2n) is 3.65. The van der Waals surface area contributed by atoms with Gasteiger partial charge in [-0.15, -0.1) is 0 Å². The van der Waals surface area contributed by atoms with E-state index in [2.05, 4.69) is 26.6 Å². The van der Waals surface area contributed by atoms with Crippen LogP contribution in [0.3, 0.4) is 0 Å². The molecular formula is C11H12BrClN2O4. The number of aliphatic hydroxyl groups excluding tert-OH is 1. The highest BCUT2D eigenvalue weighted by Gasteiger charge is 2.13. The van der Waals surface area contributed by atoms with Crippen LogP contribution in [0.15, 0.2) is 22.7 Å². The van der Waals surface area contributed by atoms with Gasteiger partial charge in [0.15, 0.2) is 6.10 Å². The average Bonchev–Trinajstić information content (AvgIpc) is 2.32. The molecule has 8 heteroatoms. The zero-order valence-electron chi connectivity index (χ0n) is 9.69. The van der Waals surface area contributed by atoms with Crippen LogP contribution in [0.4, 0.5) is 10.5 Å². The molecule has 1 rings (SSSR count). The first kappa shape index (κ1) is 15.7. The number of halogens is 2. The summed E-state index contributed by atoms with van der Waals surface area (Å²) in [6.45, 7) is 0.0352. The van der Waals surface area contributed by atoms with Gasteiger partial charge in [0.05, 0.1) is 10.7 Å². The predicted octanol–water partition coefficient (Wildman–Crippen LogP) is 2.06. The molecule has 1 atom stereocenters. The second kappa shape index (κ2) is 7.32. The molecule has 0 fully saturated rings. The Morgan fingerprint density at radius 2 is 2.11 bits per heavy atom. The molecule has 1 aromatic carbocycles. The fraction of sp³-hybridized carbons (Fsp3) is 0.273. The molecule has 0 saturated carbocycles. The molecule has 0 bridgehead atoms. The lowest BCUT2D eigenvalue weighted by Crippen LogP contribution is -2.33. The van der Waals surface area contributed by atoms with Crippen LogP contribution in [0.25, 0.3) is 0 Å². The molecule has 1 aromatic rings. The van der Waals surface area contributed by atoms with Gasteiger partial charge in [-0.25, -0.2) is 9.59 Å². The Hall–Kier alpha value is -1.31. The quantitative estimate of drug-likeness (QED) is 0.652. The Bertz CT molecular complexity index is 484. The zero-order chi connectivity index (χ0) is 14.4. The number of rotatable bonds is 5. The van der Waals surface area contributed by atoms with Crippen LogP contribution in [0.5, 0.6) is 0 Å². The van der Waals surface area contributed by atoms with Crippen molar-refractivity contribution in [2.45, 2.75) is 12.5 Å². The maximum Gasteiger partial charge on any atom is 0.332 e.